The zero-order valence-electron chi connectivity index (χ0n) is 9.90. The molecule has 18 heavy (non-hydrogen) atoms. The number of hydrogen-bond donors (Lipinski definition) is 1. The molecule has 0 aliphatic carbocycles. The van der Waals surface area contributed by atoms with Crippen LogP contribution in [-0.2, 0) is 4.79 Å². The standard InChI is InChI=1S/C13H15BrFNO2/c14-9-3-4-11(15)10(7-9)12(8-13(17)18)16-5-1-2-6-16/h3-4,7,12H,1-2,5-6,8H2,(H,17,18). The number of benzene rings is 1. The Morgan fingerprint density at radius 3 is 2.72 bits per heavy atom. The molecule has 1 saturated heterocycles. The molecule has 1 atom stereocenters. The van der Waals surface area contributed by atoms with Crippen LogP contribution in [0.15, 0.2) is 22.7 Å². The van der Waals surface area contributed by atoms with E-state index in [0.717, 1.165) is 30.4 Å². The van der Waals surface area contributed by atoms with E-state index >= 15 is 0 Å². The van der Waals surface area contributed by atoms with E-state index in [1.165, 1.54) is 6.07 Å². The third-order valence-electron chi connectivity index (χ3n) is 3.27. The summed E-state index contributed by atoms with van der Waals surface area (Å²) in [5.74, 6) is -1.23. The molecule has 0 saturated carbocycles. The molecule has 98 valence electrons. The summed E-state index contributed by atoms with van der Waals surface area (Å²) >= 11 is 3.31. The van der Waals surface area contributed by atoms with Crippen LogP contribution >= 0.6 is 15.9 Å². The van der Waals surface area contributed by atoms with Crippen molar-refractivity contribution >= 4 is 21.9 Å². The lowest BCUT2D eigenvalue weighted by atomic mass is 10.0. The largest absolute Gasteiger partial charge is 0.481 e. The van der Waals surface area contributed by atoms with Crippen LogP contribution in [0.2, 0.25) is 0 Å². The number of aliphatic carboxylic acids is 1. The van der Waals surface area contributed by atoms with E-state index in [1.807, 2.05) is 0 Å². The Labute approximate surface area is 114 Å². The van der Waals surface area contributed by atoms with Crippen molar-refractivity contribution in [3.05, 3.63) is 34.1 Å². The monoisotopic (exact) mass is 315 g/mol. The van der Waals surface area contributed by atoms with Crippen LogP contribution in [0.1, 0.15) is 30.9 Å². The highest BCUT2D eigenvalue weighted by molar-refractivity contribution is 9.10. The van der Waals surface area contributed by atoms with Gasteiger partial charge < -0.3 is 5.11 Å². The lowest BCUT2D eigenvalue weighted by molar-refractivity contribution is -0.138. The van der Waals surface area contributed by atoms with E-state index in [-0.39, 0.29) is 18.3 Å². The molecule has 1 unspecified atom stereocenters. The van der Waals surface area contributed by atoms with Crippen LogP contribution in [0.25, 0.3) is 0 Å². The van der Waals surface area contributed by atoms with E-state index in [0.29, 0.717) is 5.56 Å². The smallest absolute Gasteiger partial charge is 0.305 e. The number of rotatable bonds is 4. The van der Waals surface area contributed by atoms with Crippen LogP contribution in [-0.4, -0.2) is 29.1 Å². The van der Waals surface area contributed by atoms with Gasteiger partial charge in [-0.2, -0.15) is 0 Å². The van der Waals surface area contributed by atoms with Crippen LogP contribution in [0.5, 0.6) is 0 Å². The zero-order valence-corrected chi connectivity index (χ0v) is 11.5. The molecule has 5 heteroatoms. The Kier molecular flexibility index (Phi) is 4.35. The maximum Gasteiger partial charge on any atom is 0.305 e. The van der Waals surface area contributed by atoms with Gasteiger partial charge in [0.15, 0.2) is 0 Å². The van der Waals surface area contributed by atoms with E-state index < -0.39 is 5.97 Å². The topological polar surface area (TPSA) is 40.5 Å². The molecule has 1 fully saturated rings. The minimum Gasteiger partial charge on any atom is -0.481 e. The van der Waals surface area contributed by atoms with Crippen LogP contribution in [0, 0.1) is 5.82 Å². The summed E-state index contributed by atoms with van der Waals surface area (Å²) in [6.45, 7) is 1.67. The van der Waals surface area contributed by atoms with Crippen molar-refractivity contribution in [2.45, 2.75) is 25.3 Å². The Morgan fingerprint density at radius 1 is 1.44 bits per heavy atom. The highest BCUT2D eigenvalue weighted by Gasteiger charge is 2.27. The fourth-order valence-electron chi connectivity index (χ4n) is 2.42. The van der Waals surface area contributed by atoms with Crippen molar-refractivity contribution in [2.24, 2.45) is 0 Å². The molecular weight excluding hydrogens is 301 g/mol. The number of halogens is 2. The number of hydrogen-bond acceptors (Lipinski definition) is 2. The maximum atomic E-state index is 13.9. The van der Waals surface area contributed by atoms with Gasteiger partial charge in [-0.25, -0.2) is 4.39 Å². The summed E-state index contributed by atoms with van der Waals surface area (Å²) in [6, 6.07) is 4.31. The Bertz CT molecular complexity index is 447. The Morgan fingerprint density at radius 2 is 2.11 bits per heavy atom. The molecular formula is C13H15BrFNO2. The highest BCUT2D eigenvalue weighted by Crippen LogP contribution is 2.31. The molecule has 0 amide bonds. The predicted octanol–water partition coefficient (Wildman–Crippen LogP) is 3.20. The van der Waals surface area contributed by atoms with Crippen molar-refractivity contribution in [3.63, 3.8) is 0 Å². The average molecular weight is 316 g/mol. The number of carbonyl (C=O) groups is 1. The van der Waals surface area contributed by atoms with Gasteiger partial charge in [0.2, 0.25) is 0 Å². The van der Waals surface area contributed by atoms with Crippen molar-refractivity contribution in [1.82, 2.24) is 4.90 Å². The summed E-state index contributed by atoms with van der Waals surface area (Å²) < 4.78 is 14.7. The summed E-state index contributed by atoms with van der Waals surface area (Å²) in [6.07, 6.45) is 2.03. The highest BCUT2D eigenvalue weighted by atomic mass is 79.9. The van der Waals surface area contributed by atoms with Crippen LogP contribution < -0.4 is 0 Å². The van der Waals surface area contributed by atoms with Gasteiger partial charge in [-0.15, -0.1) is 0 Å². The first kappa shape index (κ1) is 13.5. The molecule has 1 aromatic rings. The Hall–Kier alpha value is -0.940. The lowest BCUT2D eigenvalue weighted by Gasteiger charge is -2.27. The summed E-state index contributed by atoms with van der Waals surface area (Å²) in [4.78, 5) is 13.0. The van der Waals surface area contributed by atoms with Crippen LogP contribution in [0.4, 0.5) is 4.39 Å². The number of likely N-dealkylation sites (tertiary alicyclic amines) is 1. The summed E-state index contributed by atoms with van der Waals surface area (Å²) in [5, 5.41) is 9.00. The van der Waals surface area contributed by atoms with Gasteiger partial charge in [0.1, 0.15) is 5.82 Å². The zero-order chi connectivity index (χ0) is 13.1. The molecule has 0 aromatic heterocycles. The Balaban J connectivity index is 2.31. The first-order chi connectivity index (χ1) is 8.58. The summed E-state index contributed by atoms with van der Waals surface area (Å²) in [7, 11) is 0. The van der Waals surface area contributed by atoms with Gasteiger partial charge in [0.05, 0.1) is 6.42 Å². The van der Waals surface area contributed by atoms with Gasteiger partial charge in [0.25, 0.3) is 0 Å². The molecule has 1 aliphatic rings. The van der Waals surface area contributed by atoms with E-state index in [1.54, 1.807) is 12.1 Å². The van der Waals surface area contributed by atoms with Crippen LogP contribution in [0.3, 0.4) is 0 Å². The second-order valence-corrected chi connectivity index (χ2v) is 5.44. The van der Waals surface area contributed by atoms with E-state index in [2.05, 4.69) is 20.8 Å². The minimum absolute atomic E-state index is 0.0621. The normalized spacial score (nSPS) is 17.9. The van der Waals surface area contributed by atoms with Gasteiger partial charge >= 0.3 is 5.97 Å². The molecule has 1 aliphatic heterocycles. The second-order valence-electron chi connectivity index (χ2n) is 4.52. The minimum atomic E-state index is -0.897. The third kappa shape index (κ3) is 3.09. The van der Waals surface area contributed by atoms with Crippen molar-refractivity contribution in [2.75, 3.05) is 13.1 Å². The molecule has 0 bridgehead atoms. The van der Waals surface area contributed by atoms with Gasteiger partial charge in [-0.1, -0.05) is 15.9 Å². The third-order valence-corrected chi connectivity index (χ3v) is 3.76. The predicted molar refractivity (Wildman–Crippen MR) is 69.9 cm³/mol. The molecule has 1 N–H and O–H groups in total. The molecule has 0 spiro atoms. The number of nitrogens with zero attached hydrogens (tertiary/aromatic N) is 1. The molecule has 1 heterocycles. The van der Waals surface area contributed by atoms with Gasteiger partial charge in [0, 0.05) is 16.1 Å². The fourth-order valence-corrected chi connectivity index (χ4v) is 2.80. The fraction of sp³-hybridized carbons (Fsp3) is 0.462. The molecule has 2 rings (SSSR count). The lowest BCUT2D eigenvalue weighted by Crippen LogP contribution is -2.28. The SMILES string of the molecule is O=C(O)CC(c1cc(Br)ccc1F)N1CCCC1. The quantitative estimate of drug-likeness (QED) is 0.927. The molecule has 3 nitrogen and oxygen atoms in total. The van der Waals surface area contributed by atoms with Crippen molar-refractivity contribution in [1.29, 1.82) is 0 Å². The second kappa shape index (κ2) is 5.80. The van der Waals surface area contributed by atoms with Crippen molar-refractivity contribution in [3.8, 4) is 0 Å². The number of carboxylic acids is 1. The van der Waals surface area contributed by atoms with E-state index in [4.69, 9.17) is 5.11 Å². The average Bonchev–Trinajstić information content (AvgIpc) is 2.82. The molecule has 1 aromatic carbocycles. The summed E-state index contributed by atoms with van der Waals surface area (Å²) in [5.41, 5.74) is 0.466. The molecule has 0 radical (unpaired) electrons. The number of carboxylic acid groups (broad SMARTS) is 1. The first-order valence-corrected chi connectivity index (χ1v) is 6.78. The van der Waals surface area contributed by atoms with Gasteiger partial charge in [-0.05, 0) is 44.1 Å². The van der Waals surface area contributed by atoms with E-state index in [9.17, 15) is 9.18 Å². The van der Waals surface area contributed by atoms with Gasteiger partial charge in [-0.3, -0.25) is 9.69 Å². The first-order valence-electron chi connectivity index (χ1n) is 5.98. The van der Waals surface area contributed by atoms with Crippen molar-refractivity contribution < 1.29 is 14.3 Å². The maximum absolute atomic E-state index is 13.9.